The minimum absolute atomic E-state index is 0.000882. The molecule has 7 heteroatoms. The maximum atomic E-state index is 12.4. The summed E-state index contributed by atoms with van der Waals surface area (Å²) >= 11 is 0. The summed E-state index contributed by atoms with van der Waals surface area (Å²) in [6.45, 7) is 4.13. The number of carbonyl (C=O) groups is 2. The number of nitrogens with zero attached hydrogens (tertiary/aromatic N) is 1. The molecule has 0 bridgehead atoms. The van der Waals surface area contributed by atoms with Crippen molar-refractivity contribution >= 4 is 33.0 Å². The monoisotopic (exact) mass is 400 g/mol. The van der Waals surface area contributed by atoms with Gasteiger partial charge in [0, 0.05) is 31.3 Å². The quantitative estimate of drug-likeness (QED) is 0.836. The molecule has 1 heterocycles. The maximum Gasteiger partial charge on any atom is 0.225 e. The Morgan fingerprint density at radius 2 is 1.82 bits per heavy atom. The SMILES string of the molecule is CC(=O)N1CCCc2cc(NC(=O)CCS(=O)(=O)c3ccc(C)cc3)ccc21. The third kappa shape index (κ3) is 4.59. The van der Waals surface area contributed by atoms with Gasteiger partial charge in [-0.05, 0) is 55.7 Å². The van der Waals surface area contributed by atoms with Crippen LogP contribution in [0.15, 0.2) is 47.4 Å². The highest BCUT2D eigenvalue weighted by Crippen LogP contribution is 2.29. The first kappa shape index (κ1) is 20.1. The minimum Gasteiger partial charge on any atom is -0.326 e. The van der Waals surface area contributed by atoms with Crippen LogP contribution in [-0.2, 0) is 25.8 Å². The Morgan fingerprint density at radius 3 is 2.50 bits per heavy atom. The van der Waals surface area contributed by atoms with Crippen molar-refractivity contribution < 1.29 is 18.0 Å². The number of fused-ring (bicyclic) bond motifs is 1. The number of nitrogens with one attached hydrogen (secondary N) is 1. The summed E-state index contributed by atoms with van der Waals surface area (Å²) in [5.41, 5.74) is 3.47. The highest BCUT2D eigenvalue weighted by atomic mass is 32.2. The second-order valence-corrected chi connectivity index (χ2v) is 9.16. The highest BCUT2D eigenvalue weighted by Gasteiger charge is 2.21. The van der Waals surface area contributed by atoms with Gasteiger partial charge >= 0.3 is 0 Å². The summed E-state index contributed by atoms with van der Waals surface area (Å²) in [5, 5.41) is 2.76. The molecule has 0 saturated heterocycles. The van der Waals surface area contributed by atoms with Gasteiger partial charge in [-0.1, -0.05) is 17.7 Å². The van der Waals surface area contributed by atoms with Crippen LogP contribution in [0.5, 0.6) is 0 Å². The van der Waals surface area contributed by atoms with Crippen LogP contribution in [0.2, 0.25) is 0 Å². The van der Waals surface area contributed by atoms with Crippen molar-refractivity contribution in [1.29, 1.82) is 0 Å². The zero-order valence-electron chi connectivity index (χ0n) is 16.1. The van der Waals surface area contributed by atoms with Crippen molar-refractivity contribution in [2.75, 3.05) is 22.5 Å². The number of anilines is 2. The first-order valence-electron chi connectivity index (χ1n) is 9.26. The van der Waals surface area contributed by atoms with E-state index < -0.39 is 9.84 Å². The van der Waals surface area contributed by atoms with Crippen LogP contribution in [0.25, 0.3) is 0 Å². The van der Waals surface area contributed by atoms with Crippen molar-refractivity contribution in [3.8, 4) is 0 Å². The molecule has 3 rings (SSSR count). The van der Waals surface area contributed by atoms with Crippen molar-refractivity contribution in [2.45, 2.75) is 38.0 Å². The van der Waals surface area contributed by atoms with E-state index in [1.165, 1.54) is 0 Å². The number of rotatable bonds is 5. The molecular formula is C21H24N2O4S. The van der Waals surface area contributed by atoms with Gasteiger partial charge in [0.1, 0.15) is 0 Å². The van der Waals surface area contributed by atoms with Crippen molar-refractivity contribution in [2.24, 2.45) is 0 Å². The molecule has 1 aliphatic heterocycles. The van der Waals surface area contributed by atoms with Crippen LogP contribution in [0, 0.1) is 6.92 Å². The van der Waals surface area contributed by atoms with E-state index >= 15 is 0 Å². The summed E-state index contributed by atoms with van der Waals surface area (Å²) in [6.07, 6.45) is 1.59. The fraction of sp³-hybridized carbons (Fsp3) is 0.333. The number of carbonyl (C=O) groups excluding carboxylic acids is 2. The maximum absolute atomic E-state index is 12.4. The summed E-state index contributed by atoms with van der Waals surface area (Å²) in [7, 11) is -3.50. The highest BCUT2D eigenvalue weighted by molar-refractivity contribution is 7.91. The van der Waals surface area contributed by atoms with Gasteiger partial charge in [-0.25, -0.2) is 8.42 Å². The van der Waals surface area contributed by atoms with E-state index in [0.717, 1.165) is 29.7 Å². The Bertz CT molecular complexity index is 998. The predicted molar refractivity (Wildman–Crippen MR) is 109 cm³/mol. The van der Waals surface area contributed by atoms with Crippen molar-refractivity contribution in [3.05, 3.63) is 53.6 Å². The molecule has 1 N–H and O–H groups in total. The van der Waals surface area contributed by atoms with Gasteiger partial charge in [0.25, 0.3) is 0 Å². The van der Waals surface area contributed by atoms with Gasteiger partial charge in [-0.2, -0.15) is 0 Å². The Morgan fingerprint density at radius 1 is 1.11 bits per heavy atom. The Balaban J connectivity index is 1.64. The van der Waals surface area contributed by atoms with Gasteiger partial charge in [-0.3, -0.25) is 9.59 Å². The molecule has 2 aromatic rings. The van der Waals surface area contributed by atoms with Gasteiger partial charge in [0.2, 0.25) is 11.8 Å². The molecule has 0 aromatic heterocycles. The average Bonchev–Trinajstić information content (AvgIpc) is 2.66. The molecule has 0 fully saturated rings. The Kier molecular flexibility index (Phi) is 5.84. The lowest BCUT2D eigenvalue weighted by atomic mass is 10.0. The van der Waals surface area contributed by atoms with Crippen LogP contribution < -0.4 is 10.2 Å². The number of hydrogen-bond donors (Lipinski definition) is 1. The summed E-state index contributed by atoms with van der Waals surface area (Å²) in [5.74, 6) is -0.598. The summed E-state index contributed by atoms with van der Waals surface area (Å²) in [4.78, 5) is 25.9. The largest absolute Gasteiger partial charge is 0.326 e. The third-order valence-corrected chi connectivity index (χ3v) is 6.57. The van der Waals surface area contributed by atoms with Crippen LogP contribution in [0.3, 0.4) is 0 Å². The molecule has 6 nitrogen and oxygen atoms in total. The molecule has 2 aromatic carbocycles. The summed E-state index contributed by atoms with van der Waals surface area (Å²) < 4.78 is 24.7. The van der Waals surface area contributed by atoms with E-state index in [2.05, 4.69) is 5.32 Å². The lowest BCUT2D eigenvalue weighted by molar-refractivity contribution is -0.117. The Labute approximate surface area is 165 Å². The van der Waals surface area contributed by atoms with E-state index in [1.807, 2.05) is 19.1 Å². The van der Waals surface area contributed by atoms with E-state index in [9.17, 15) is 18.0 Å². The molecule has 0 aliphatic carbocycles. The zero-order valence-corrected chi connectivity index (χ0v) is 16.9. The molecule has 0 unspecified atom stereocenters. The van der Waals surface area contributed by atoms with E-state index in [1.54, 1.807) is 42.2 Å². The van der Waals surface area contributed by atoms with Crippen molar-refractivity contribution in [3.63, 3.8) is 0 Å². The van der Waals surface area contributed by atoms with Crippen LogP contribution in [0.1, 0.15) is 30.9 Å². The first-order valence-corrected chi connectivity index (χ1v) is 10.9. The molecule has 0 spiro atoms. The molecule has 0 atom stereocenters. The second-order valence-electron chi connectivity index (χ2n) is 7.05. The fourth-order valence-corrected chi connectivity index (χ4v) is 4.56. The summed E-state index contributed by atoms with van der Waals surface area (Å²) in [6, 6.07) is 12.0. The minimum atomic E-state index is -3.50. The first-order chi connectivity index (χ1) is 13.3. The zero-order chi connectivity index (χ0) is 20.3. The van der Waals surface area contributed by atoms with Crippen LogP contribution >= 0.6 is 0 Å². The van der Waals surface area contributed by atoms with E-state index in [4.69, 9.17) is 0 Å². The number of benzene rings is 2. The predicted octanol–water partition coefficient (Wildman–Crippen LogP) is 3.10. The van der Waals surface area contributed by atoms with Gasteiger partial charge in [0.05, 0.1) is 10.6 Å². The number of hydrogen-bond acceptors (Lipinski definition) is 4. The van der Waals surface area contributed by atoms with E-state index in [0.29, 0.717) is 12.2 Å². The second kappa shape index (κ2) is 8.14. The van der Waals surface area contributed by atoms with Gasteiger partial charge in [0.15, 0.2) is 9.84 Å². The smallest absolute Gasteiger partial charge is 0.225 e. The van der Waals surface area contributed by atoms with Crippen LogP contribution in [-0.4, -0.2) is 32.5 Å². The molecule has 0 saturated carbocycles. The number of aryl methyl sites for hydroxylation is 2. The number of sulfone groups is 1. The lowest BCUT2D eigenvalue weighted by Crippen LogP contribution is -2.33. The Hall–Kier alpha value is -2.67. The molecular weight excluding hydrogens is 376 g/mol. The van der Waals surface area contributed by atoms with Gasteiger partial charge in [-0.15, -0.1) is 0 Å². The molecule has 0 radical (unpaired) electrons. The van der Waals surface area contributed by atoms with Gasteiger partial charge < -0.3 is 10.2 Å². The third-order valence-electron chi connectivity index (χ3n) is 4.84. The average molecular weight is 401 g/mol. The molecule has 28 heavy (non-hydrogen) atoms. The molecule has 2 amide bonds. The topological polar surface area (TPSA) is 83.6 Å². The van der Waals surface area contributed by atoms with Crippen molar-refractivity contribution in [1.82, 2.24) is 0 Å². The van der Waals surface area contributed by atoms with Crippen LogP contribution in [0.4, 0.5) is 11.4 Å². The molecule has 148 valence electrons. The lowest BCUT2D eigenvalue weighted by Gasteiger charge is -2.29. The molecule has 1 aliphatic rings. The number of amides is 2. The van der Waals surface area contributed by atoms with E-state index in [-0.39, 0.29) is 28.9 Å². The fourth-order valence-electron chi connectivity index (χ4n) is 3.32. The normalized spacial score (nSPS) is 13.7. The standard InChI is InChI=1S/C21H24N2O4S/c1-15-5-8-19(9-6-15)28(26,27)13-11-21(25)22-18-7-10-20-17(14-18)4-3-12-23(20)16(2)24/h5-10,14H,3-4,11-13H2,1-2H3,(H,22,25).